The second-order valence-corrected chi connectivity index (χ2v) is 2.07. The zero-order chi connectivity index (χ0) is 8.08. The van der Waals surface area contributed by atoms with Gasteiger partial charge in [-0.05, 0) is 0 Å². The summed E-state index contributed by atoms with van der Waals surface area (Å²) >= 11 is 0. The maximum absolute atomic E-state index is 8.52. The molecule has 0 aromatic rings. The highest BCUT2D eigenvalue weighted by atomic mass is 32.3. The molecule has 58 valence electrons. The molecule has 0 heterocycles. The van der Waals surface area contributed by atoms with Crippen LogP contribution in [0.25, 0.3) is 0 Å². The van der Waals surface area contributed by atoms with Crippen molar-refractivity contribution >= 4 is 10.4 Å². The van der Waals surface area contributed by atoms with Crippen LogP contribution in [0.2, 0.25) is 0 Å². The predicted octanol–water partition coefficient (Wildman–Crippen LogP) is -2.77. The monoisotopic (exact) mass is 158 g/mol. The first-order valence-corrected chi connectivity index (χ1v) is 3.24. The van der Waals surface area contributed by atoms with E-state index in [4.69, 9.17) is 22.6 Å². The van der Waals surface area contributed by atoms with Gasteiger partial charge in [0.05, 0.1) is 0 Å². The fourth-order valence-corrected chi connectivity index (χ4v) is 0. The number of hydrogen-bond donors (Lipinski definition) is 2. The summed E-state index contributed by atoms with van der Waals surface area (Å²) in [4.78, 5) is 0. The summed E-state index contributed by atoms with van der Waals surface area (Å²) < 4.78 is 34.1. The Labute approximate surface area is 52.9 Å². The third kappa shape index (κ3) is 5920. The molecule has 0 aliphatic heterocycles. The van der Waals surface area contributed by atoms with Crippen molar-refractivity contribution in [3.63, 3.8) is 0 Å². The van der Waals surface area contributed by atoms with Gasteiger partial charge in [-0.2, -0.15) is 0 Å². The van der Waals surface area contributed by atoms with Crippen LogP contribution in [0.4, 0.5) is 0 Å². The smallest absolute Gasteiger partial charge is 0.182 e. The van der Waals surface area contributed by atoms with E-state index in [0.29, 0.717) is 0 Å². The van der Waals surface area contributed by atoms with Crippen LogP contribution < -0.4 is 5.73 Å². The Kier molecular flexibility index (Phi) is 5.98. The Morgan fingerprint density at radius 2 is 1.56 bits per heavy atom. The van der Waals surface area contributed by atoms with Crippen molar-refractivity contribution in [3.8, 4) is 0 Å². The molecule has 7 heteroatoms. The summed E-state index contributed by atoms with van der Waals surface area (Å²) in [6.07, 6.45) is -0.417. The van der Waals surface area contributed by atoms with Crippen LogP contribution in [0, 0.1) is 0 Å². The lowest BCUT2D eigenvalue weighted by Gasteiger charge is -2.06. The Balaban J connectivity index is 0. The number of aliphatic hydroxyl groups excluding tert-OH is 1. The van der Waals surface area contributed by atoms with Crippen molar-refractivity contribution in [3.05, 3.63) is 0 Å². The minimum atomic E-state index is -5.17. The summed E-state index contributed by atoms with van der Waals surface area (Å²) in [5.41, 5.74) is 3.19. The van der Waals surface area contributed by atoms with Gasteiger partial charge >= 0.3 is 0 Å². The third-order valence-corrected chi connectivity index (χ3v) is 0. The van der Waals surface area contributed by atoms with Gasteiger partial charge in [-0.1, -0.05) is 0 Å². The quantitative estimate of drug-likeness (QED) is 0.224. The largest absolute Gasteiger partial charge is 0.759 e. The highest BCUT2D eigenvalue weighted by Gasteiger charge is 1.73. The highest BCUT2D eigenvalue weighted by Crippen LogP contribution is 1.57. The van der Waals surface area contributed by atoms with Crippen molar-refractivity contribution in [2.24, 2.45) is 0 Å². The van der Waals surface area contributed by atoms with Gasteiger partial charge in [-0.3, -0.25) is 8.42 Å². The van der Waals surface area contributed by atoms with Gasteiger partial charge in [-0.25, -0.2) is 0 Å². The van der Waals surface area contributed by atoms with E-state index in [1.165, 1.54) is 0 Å². The average Bonchev–Trinajstić information content (AvgIpc) is 1.19. The van der Waals surface area contributed by atoms with Gasteiger partial charge in [0.25, 0.3) is 0 Å². The van der Waals surface area contributed by atoms with Crippen molar-refractivity contribution in [1.82, 2.24) is 0 Å². The lowest BCUT2D eigenvalue weighted by molar-refractivity contribution is -0.475. The molecule has 0 aromatic carbocycles. The second kappa shape index (κ2) is 4.65. The summed E-state index contributed by atoms with van der Waals surface area (Å²) in [7, 11) is -5.17. The molecule has 0 aliphatic carbocycles. The average molecular weight is 158 g/mol. The number of rotatable bonds is 0. The summed E-state index contributed by atoms with van der Waals surface area (Å²) in [6, 6.07) is 0. The maximum Gasteiger partial charge on any atom is 0.182 e. The highest BCUT2D eigenvalue weighted by molar-refractivity contribution is 7.79. The van der Waals surface area contributed by atoms with E-state index in [-0.39, 0.29) is 0 Å². The Bertz CT molecular complexity index is 126. The topological polar surface area (TPSA) is 128 Å². The predicted molar refractivity (Wildman–Crippen MR) is 25.0 cm³/mol. The van der Waals surface area contributed by atoms with E-state index in [2.05, 4.69) is 5.73 Å². The molecular weight excluding hydrogens is 150 g/mol. The molecule has 6 nitrogen and oxygen atoms in total. The first-order valence-electron chi connectivity index (χ1n) is 1.91. The lowest BCUT2D eigenvalue weighted by Crippen LogP contribution is -2.58. The first kappa shape index (κ1) is 11.6. The van der Waals surface area contributed by atoms with Crippen LogP contribution in [0.1, 0.15) is 6.92 Å². The summed E-state index contributed by atoms with van der Waals surface area (Å²) in [6.45, 7) is 1.61. The van der Waals surface area contributed by atoms with Gasteiger partial charge in [0.15, 0.2) is 6.23 Å². The zero-order valence-corrected chi connectivity index (χ0v) is 5.59. The molecule has 0 saturated heterocycles. The van der Waals surface area contributed by atoms with E-state index >= 15 is 0 Å². The molecule has 1 unspecified atom stereocenters. The third-order valence-electron chi connectivity index (χ3n) is 0. The molecule has 0 bridgehead atoms. The van der Waals surface area contributed by atoms with E-state index in [9.17, 15) is 0 Å². The Morgan fingerprint density at radius 1 is 1.56 bits per heavy atom. The van der Waals surface area contributed by atoms with Crippen molar-refractivity contribution in [2.45, 2.75) is 13.2 Å². The van der Waals surface area contributed by atoms with Gasteiger partial charge in [-0.15, -0.1) is 0 Å². The summed E-state index contributed by atoms with van der Waals surface area (Å²) in [5.74, 6) is 0. The van der Waals surface area contributed by atoms with Crippen LogP contribution in [0.15, 0.2) is 0 Å². The van der Waals surface area contributed by atoms with Crippen LogP contribution in [0.3, 0.4) is 0 Å². The van der Waals surface area contributed by atoms with E-state index < -0.39 is 16.6 Å². The molecule has 1 atom stereocenters. The molecule has 9 heavy (non-hydrogen) atoms. The molecule has 0 spiro atoms. The van der Waals surface area contributed by atoms with Crippen LogP contribution >= 0.6 is 0 Å². The molecule has 0 radical (unpaired) electrons. The van der Waals surface area contributed by atoms with Gasteiger partial charge < -0.3 is 19.9 Å². The van der Waals surface area contributed by atoms with Crippen LogP contribution in [-0.4, -0.2) is 28.9 Å². The molecule has 4 N–H and O–H groups in total. The second-order valence-electron chi connectivity index (χ2n) is 1.26. The molecule has 0 aliphatic rings. The Hall–Kier alpha value is -0.210. The molecule has 0 rings (SSSR count). The molecular formula is C2H8NO5S-. The van der Waals surface area contributed by atoms with E-state index in [0.717, 1.165) is 0 Å². The van der Waals surface area contributed by atoms with Crippen molar-refractivity contribution < 1.29 is 28.4 Å². The molecule has 0 saturated carbocycles. The fourth-order valence-electron chi connectivity index (χ4n) is 0. The lowest BCUT2D eigenvalue weighted by atomic mass is 10.7. The van der Waals surface area contributed by atoms with Gasteiger partial charge in [0.2, 0.25) is 0 Å². The van der Waals surface area contributed by atoms with Crippen molar-refractivity contribution in [2.75, 3.05) is 0 Å². The van der Waals surface area contributed by atoms with E-state index in [1.54, 1.807) is 6.92 Å². The standard InChI is InChI=1S/C2H7NO.H2O4S/c1-2(3)4;1-5(2,3)4/h2,4H,3H2,1H3;(H2,1,2,3,4)/p-1. The fraction of sp³-hybridized carbons (Fsp3) is 1.00. The minimum Gasteiger partial charge on any atom is -0.759 e. The maximum atomic E-state index is 8.52. The normalized spacial score (nSPS) is 13.4. The van der Waals surface area contributed by atoms with E-state index in [1.807, 2.05) is 0 Å². The van der Waals surface area contributed by atoms with Crippen molar-refractivity contribution in [1.29, 1.82) is 0 Å². The van der Waals surface area contributed by atoms with Gasteiger partial charge in [0, 0.05) is 17.3 Å². The van der Waals surface area contributed by atoms with Crippen LogP contribution in [0.5, 0.6) is 0 Å². The first-order chi connectivity index (χ1) is 3.73. The Morgan fingerprint density at radius 3 is 1.56 bits per heavy atom. The molecule has 0 aromatic heterocycles. The number of hydrogen-bond acceptors (Lipinski definition) is 5. The zero-order valence-electron chi connectivity index (χ0n) is 4.77. The number of aliphatic hydroxyl groups is 1. The molecule has 0 fully saturated rings. The SMILES string of the molecule is CC([NH3+])O.O=S(=O)([O-])[O-]. The minimum absolute atomic E-state index is 0.417. The van der Waals surface area contributed by atoms with Gasteiger partial charge in [0.1, 0.15) is 0 Å². The molecule has 0 amide bonds. The van der Waals surface area contributed by atoms with Crippen LogP contribution in [-0.2, 0) is 10.4 Å². The number of quaternary nitrogens is 1. The summed E-state index contributed by atoms with van der Waals surface area (Å²) in [5, 5.41) is 7.94.